The van der Waals surface area contributed by atoms with Crippen LogP contribution in [0.2, 0.25) is 0 Å². The van der Waals surface area contributed by atoms with Crippen molar-refractivity contribution in [1.82, 2.24) is 0 Å². The first-order valence-electron chi connectivity index (χ1n) is 2.83. The van der Waals surface area contributed by atoms with E-state index in [1.54, 1.807) is 6.07 Å². The first-order valence-corrected chi connectivity index (χ1v) is 4.07. The SMILES string of the molecule is O=C(O)c1ccc(Br)c(S)c1. The Hall–Kier alpha value is -0.480. The van der Waals surface area contributed by atoms with Crippen LogP contribution in [0.15, 0.2) is 27.6 Å². The van der Waals surface area contributed by atoms with Crippen molar-refractivity contribution >= 4 is 34.5 Å². The Labute approximate surface area is 77.8 Å². The van der Waals surface area contributed by atoms with Gasteiger partial charge in [0.2, 0.25) is 0 Å². The molecule has 0 saturated heterocycles. The van der Waals surface area contributed by atoms with Gasteiger partial charge in [-0.15, -0.1) is 12.6 Å². The predicted octanol–water partition coefficient (Wildman–Crippen LogP) is 2.44. The maximum absolute atomic E-state index is 10.4. The van der Waals surface area contributed by atoms with Crippen LogP contribution in [-0.4, -0.2) is 11.1 Å². The highest BCUT2D eigenvalue weighted by molar-refractivity contribution is 9.10. The zero-order valence-electron chi connectivity index (χ0n) is 5.41. The van der Waals surface area contributed by atoms with Gasteiger partial charge in [-0.3, -0.25) is 0 Å². The number of halogens is 1. The number of carboxylic acid groups (broad SMARTS) is 1. The lowest BCUT2D eigenvalue weighted by molar-refractivity contribution is 0.0696. The third-order valence-electron chi connectivity index (χ3n) is 1.19. The Morgan fingerprint density at radius 1 is 1.55 bits per heavy atom. The molecule has 0 amide bonds. The van der Waals surface area contributed by atoms with Crippen molar-refractivity contribution in [1.29, 1.82) is 0 Å². The van der Waals surface area contributed by atoms with E-state index < -0.39 is 5.97 Å². The molecule has 0 atom stereocenters. The van der Waals surface area contributed by atoms with Gasteiger partial charge in [0.25, 0.3) is 0 Å². The van der Waals surface area contributed by atoms with Crippen molar-refractivity contribution in [2.24, 2.45) is 0 Å². The second-order valence-electron chi connectivity index (χ2n) is 1.97. The van der Waals surface area contributed by atoms with E-state index in [2.05, 4.69) is 28.6 Å². The molecule has 4 heteroatoms. The van der Waals surface area contributed by atoms with E-state index in [9.17, 15) is 4.79 Å². The van der Waals surface area contributed by atoms with Crippen LogP contribution in [0, 0.1) is 0 Å². The summed E-state index contributed by atoms with van der Waals surface area (Å²) in [6.45, 7) is 0. The maximum atomic E-state index is 10.4. The molecule has 0 bridgehead atoms. The molecule has 0 heterocycles. The summed E-state index contributed by atoms with van der Waals surface area (Å²) in [6, 6.07) is 4.67. The average Bonchev–Trinajstić information content (AvgIpc) is 1.94. The van der Waals surface area contributed by atoms with Gasteiger partial charge in [-0.2, -0.15) is 0 Å². The van der Waals surface area contributed by atoms with Crippen LogP contribution >= 0.6 is 28.6 Å². The highest BCUT2D eigenvalue weighted by Crippen LogP contribution is 2.21. The Bertz CT molecular complexity index is 298. The molecule has 0 radical (unpaired) electrons. The molecule has 58 valence electrons. The molecule has 0 aliphatic heterocycles. The molecule has 1 N–H and O–H groups in total. The van der Waals surface area contributed by atoms with Gasteiger partial charge in [-0.25, -0.2) is 4.79 Å². The van der Waals surface area contributed by atoms with E-state index in [4.69, 9.17) is 5.11 Å². The molecule has 1 rings (SSSR count). The average molecular weight is 233 g/mol. The standard InChI is InChI=1S/C7H5BrO2S/c8-5-2-1-4(7(9)10)3-6(5)11/h1-3,11H,(H,9,10). The molecule has 0 fully saturated rings. The number of hydrogen-bond donors (Lipinski definition) is 2. The summed E-state index contributed by atoms with van der Waals surface area (Å²) in [4.78, 5) is 11.0. The second-order valence-corrected chi connectivity index (χ2v) is 3.31. The van der Waals surface area contributed by atoms with Gasteiger partial charge in [0.05, 0.1) is 5.56 Å². The highest BCUT2D eigenvalue weighted by Gasteiger charge is 2.03. The highest BCUT2D eigenvalue weighted by atomic mass is 79.9. The molecule has 1 aromatic rings. The van der Waals surface area contributed by atoms with Crippen LogP contribution in [0.5, 0.6) is 0 Å². The molecular weight excluding hydrogens is 228 g/mol. The summed E-state index contributed by atoms with van der Waals surface area (Å²) in [6.07, 6.45) is 0. The number of rotatable bonds is 1. The van der Waals surface area contributed by atoms with E-state index in [-0.39, 0.29) is 5.56 Å². The fourth-order valence-corrected chi connectivity index (χ4v) is 1.11. The van der Waals surface area contributed by atoms with Gasteiger partial charge in [0.15, 0.2) is 0 Å². The summed E-state index contributed by atoms with van der Waals surface area (Å²) in [5.41, 5.74) is 0.248. The largest absolute Gasteiger partial charge is 0.478 e. The van der Waals surface area contributed by atoms with Crippen LogP contribution in [0.25, 0.3) is 0 Å². The predicted molar refractivity (Wildman–Crippen MR) is 48.4 cm³/mol. The molecule has 0 saturated carbocycles. The van der Waals surface area contributed by atoms with Gasteiger partial charge >= 0.3 is 5.97 Å². The van der Waals surface area contributed by atoms with Gasteiger partial charge in [0.1, 0.15) is 0 Å². The smallest absolute Gasteiger partial charge is 0.335 e. The molecule has 0 aliphatic carbocycles. The van der Waals surface area contributed by atoms with E-state index in [1.165, 1.54) is 12.1 Å². The minimum absolute atomic E-state index is 0.248. The minimum atomic E-state index is -0.937. The van der Waals surface area contributed by atoms with Gasteiger partial charge < -0.3 is 5.11 Å². The fraction of sp³-hybridized carbons (Fsp3) is 0. The molecule has 0 spiro atoms. The van der Waals surface area contributed by atoms with E-state index in [0.717, 1.165) is 4.47 Å². The topological polar surface area (TPSA) is 37.3 Å². The fourth-order valence-electron chi connectivity index (χ4n) is 0.646. The Kier molecular flexibility index (Phi) is 2.57. The monoisotopic (exact) mass is 232 g/mol. The lowest BCUT2D eigenvalue weighted by atomic mass is 10.2. The second kappa shape index (κ2) is 3.28. The van der Waals surface area contributed by atoms with Gasteiger partial charge in [-0.05, 0) is 34.1 Å². The number of hydrogen-bond acceptors (Lipinski definition) is 2. The summed E-state index contributed by atoms with van der Waals surface area (Å²) >= 11 is 7.26. The van der Waals surface area contributed by atoms with Crippen LogP contribution in [0.3, 0.4) is 0 Å². The van der Waals surface area contributed by atoms with Crippen molar-refractivity contribution in [3.63, 3.8) is 0 Å². The molecule has 0 unspecified atom stereocenters. The first-order chi connectivity index (χ1) is 5.11. The Morgan fingerprint density at radius 3 is 2.64 bits per heavy atom. The lowest BCUT2D eigenvalue weighted by Gasteiger charge is -1.97. The number of benzene rings is 1. The van der Waals surface area contributed by atoms with E-state index in [0.29, 0.717) is 4.90 Å². The van der Waals surface area contributed by atoms with E-state index >= 15 is 0 Å². The zero-order chi connectivity index (χ0) is 8.43. The van der Waals surface area contributed by atoms with E-state index in [1.807, 2.05) is 0 Å². The van der Waals surface area contributed by atoms with Crippen LogP contribution in [0.1, 0.15) is 10.4 Å². The van der Waals surface area contributed by atoms with Gasteiger partial charge in [0, 0.05) is 9.37 Å². The lowest BCUT2D eigenvalue weighted by Crippen LogP contribution is -1.95. The van der Waals surface area contributed by atoms with Gasteiger partial charge in [-0.1, -0.05) is 0 Å². The summed E-state index contributed by atoms with van der Waals surface area (Å²) in [5, 5.41) is 8.55. The van der Waals surface area contributed by atoms with Crippen LogP contribution < -0.4 is 0 Å². The van der Waals surface area contributed by atoms with Crippen molar-refractivity contribution in [2.45, 2.75) is 4.90 Å². The third-order valence-corrected chi connectivity index (χ3v) is 2.56. The van der Waals surface area contributed by atoms with Crippen LogP contribution in [-0.2, 0) is 0 Å². The summed E-state index contributed by atoms with van der Waals surface area (Å²) in [7, 11) is 0. The van der Waals surface area contributed by atoms with Crippen molar-refractivity contribution in [2.75, 3.05) is 0 Å². The summed E-state index contributed by atoms with van der Waals surface area (Å²) in [5.74, 6) is -0.937. The molecular formula is C7H5BrO2S. The van der Waals surface area contributed by atoms with Crippen molar-refractivity contribution < 1.29 is 9.90 Å². The number of carbonyl (C=O) groups is 1. The first kappa shape index (κ1) is 8.62. The Balaban J connectivity index is 3.15. The Morgan fingerprint density at radius 2 is 2.18 bits per heavy atom. The van der Waals surface area contributed by atoms with Crippen LogP contribution in [0.4, 0.5) is 0 Å². The summed E-state index contributed by atoms with van der Waals surface area (Å²) < 4.78 is 0.797. The molecule has 0 aromatic heterocycles. The third kappa shape index (κ3) is 1.97. The van der Waals surface area contributed by atoms with Crippen molar-refractivity contribution in [3.05, 3.63) is 28.2 Å². The normalized spacial score (nSPS) is 9.64. The number of thiol groups is 1. The molecule has 11 heavy (non-hydrogen) atoms. The minimum Gasteiger partial charge on any atom is -0.478 e. The maximum Gasteiger partial charge on any atom is 0.335 e. The molecule has 2 nitrogen and oxygen atoms in total. The molecule has 0 aliphatic rings. The zero-order valence-corrected chi connectivity index (χ0v) is 7.89. The van der Waals surface area contributed by atoms with Crippen molar-refractivity contribution in [3.8, 4) is 0 Å². The molecule has 1 aromatic carbocycles. The number of aromatic carboxylic acids is 1. The number of carboxylic acids is 1. The quantitative estimate of drug-likeness (QED) is 0.731.